The van der Waals surface area contributed by atoms with Crippen molar-refractivity contribution in [2.45, 2.75) is 16.6 Å². The summed E-state index contributed by atoms with van der Waals surface area (Å²) in [7, 11) is 0. The maximum Gasteiger partial charge on any atom is 0.0417 e. The molecule has 0 bridgehead atoms. The Kier molecular flexibility index (Phi) is 3.14. The Morgan fingerprint density at radius 1 is 1.46 bits per heavy atom. The molecule has 0 aliphatic carbocycles. The molecule has 1 heterocycles. The summed E-state index contributed by atoms with van der Waals surface area (Å²) in [4.78, 5) is 1.28. The van der Waals surface area contributed by atoms with E-state index in [1.807, 2.05) is 30.0 Å². The average molecular weight is 214 g/mol. The number of hydrogen-bond acceptors (Lipinski definition) is 2. The number of nitrogens with one attached hydrogen (secondary N) is 1. The van der Waals surface area contributed by atoms with Crippen molar-refractivity contribution in [3.05, 3.63) is 29.3 Å². The van der Waals surface area contributed by atoms with Crippen LogP contribution in [0.4, 0.5) is 0 Å². The SMILES string of the molecule is Clc1cccc(S[C@H]2CCNC2)c1. The average Bonchev–Trinajstić information content (AvgIpc) is 2.57. The number of thioether (sulfide) groups is 1. The standard InChI is InChI=1S/C10H12ClNS/c11-8-2-1-3-9(6-8)13-10-4-5-12-7-10/h1-3,6,10,12H,4-5,7H2/t10-/m0/s1. The van der Waals surface area contributed by atoms with Gasteiger partial charge in [-0.3, -0.25) is 0 Å². The summed E-state index contributed by atoms with van der Waals surface area (Å²) in [6.45, 7) is 2.27. The van der Waals surface area contributed by atoms with Gasteiger partial charge in [-0.1, -0.05) is 17.7 Å². The van der Waals surface area contributed by atoms with Crippen molar-refractivity contribution >= 4 is 23.4 Å². The van der Waals surface area contributed by atoms with Crippen LogP contribution >= 0.6 is 23.4 Å². The van der Waals surface area contributed by atoms with Gasteiger partial charge in [0, 0.05) is 21.7 Å². The highest BCUT2D eigenvalue weighted by Crippen LogP contribution is 2.28. The fourth-order valence-electron chi connectivity index (χ4n) is 1.46. The van der Waals surface area contributed by atoms with E-state index in [1.54, 1.807) is 0 Å². The molecule has 0 radical (unpaired) electrons. The molecule has 0 spiro atoms. The normalized spacial score (nSPS) is 22.1. The Morgan fingerprint density at radius 3 is 3.08 bits per heavy atom. The smallest absolute Gasteiger partial charge is 0.0417 e. The van der Waals surface area contributed by atoms with Gasteiger partial charge in [0.1, 0.15) is 0 Å². The van der Waals surface area contributed by atoms with Crippen molar-refractivity contribution in [3.8, 4) is 0 Å². The monoisotopic (exact) mass is 213 g/mol. The molecule has 1 aliphatic heterocycles. The lowest BCUT2D eigenvalue weighted by molar-refractivity contribution is 0.858. The number of benzene rings is 1. The number of hydrogen-bond donors (Lipinski definition) is 1. The molecular weight excluding hydrogens is 202 g/mol. The molecular formula is C10H12ClNS. The zero-order valence-electron chi connectivity index (χ0n) is 7.29. The third-order valence-corrected chi connectivity index (χ3v) is 3.61. The molecule has 1 atom stereocenters. The molecule has 1 fully saturated rings. The van der Waals surface area contributed by atoms with Gasteiger partial charge in [0.2, 0.25) is 0 Å². The molecule has 0 amide bonds. The molecule has 1 aliphatic rings. The summed E-state index contributed by atoms with van der Waals surface area (Å²) in [5, 5.41) is 4.90. The van der Waals surface area contributed by atoms with Gasteiger partial charge in [-0.15, -0.1) is 11.8 Å². The summed E-state index contributed by atoms with van der Waals surface area (Å²) in [5.74, 6) is 0. The molecule has 0 saturated carbocycles. The maximum atomic E-state index is 5.90. The molecule has 1 saturated heterocycles. The van der Waals surface area contributed by atoms with Crippen molar-refractivity contribution in [1.82, 2.24) is 5.32 Å². The van der Waals surface area contributed by atoms with E-state index in [-0.39, 0.29) is 0 Å². The lowest BCUT2D eigenvalue weighted by Gasteiger charge is -2.07. The highest BCUT2D eigenvalue weighted by Gasteiger charge is 2.15. The van der Waals surface area contributed by atoms with Crippen molar-refractivity contribution < 1.29 is 0 Å². The number of halogens is 1. The molecule has 1 aromatic carbocycles. The molecule has 1 nitrogen and oxygen atoms in total. The topological polar surface area (TPSA) is 12.0 Å². The summed E-state index contributed by atoms with van der Waals surface area (Å²) in [5.41, 5.74) is 0. The van der Waals surface area contributed by atoms with Crippen LogP contribution in [-0.4, -0.2) is 18.3 Å². The molecule has 0 unspecified atom stereocenters. The highest BCUT2D eigenvalue weighted by molar-refractivity contribution is 8.00. The minimum atomic E-state index is 0.721. The van der Waals surface area contributed by atoms with Gasteiger partial charge in [-0.25, -0.2) is 0 Å². The first kappa shape index (κ1) is 9.38. The van der Waals surface area contributed by atoms with Crippen LogP contribution < -0.4 is 5.32 Å². The van der Waals surface area contributed by atoms with E-state index in [4.69, 9.17) is 11.6 Å². The lowest BCUT2D eigenvalue weighted by Crippen LogP contribution is -2.09. The van der Waals surface area contributed by atoms with Crippen molar-refractivity contribution in [2.24, 2.45) is 0 Å². The Labute approximate surface area is 87.9 Å². The Balaban J connectivity index is 2.00. The first-order valence-corrected chi connectivity index (χ1v) is 5.73. The van der Waals surface area contributed by atoms with Crippen LogP contribution in [0.15, 0.2) is 29.2 Å². The van der Waals surface area contributed by atoms with Crippen LogP contribution in [0.3, 0.4) is 0 Å². The second kappa shape index (κ2) is 4.36. The predicted octanol–water partition coefficient (Wildman–Crippen LogP) is 2.79. The predicted molar refractivity (Wildman–Crippen MR) is 58.6 cm³/mol. The zero-order chi connectivity index (χ0) is 9.10. The Bertz CT molecular complexity index is 284. The quantitative estimate of drug-likeness (QED) is 0.811. The summed E-state index contributed by atoms with van der Waals surface area (Å²) in [6.07, 6.45) is 1.26. The van der Waals surface area contributed by atoms with Gasteiger partial charge in [-0.05, 0) is 31.2 Å². The van der Waals surface area contributed by atoms with Crippen LogP contribution in [0.2, 0.25) is 5.02 Å². The van der Waals surface area contributed by atoms with E-state index in [0.29, 0.717) is 0 Å². The third-order valence-electron chi connectivity index (χ3n) is 2.11. The zero-order valence-corrected chi connectivity index (χ0v) is 8.87. The van der Waals surface area contributed by atoms with Gasteiger partial charge in [0.05, 0.1) is 0 Å². The van der Waals surface area contributed by atoms with E-state index < -0.39 is 0 Å². The van der Waals surface area contributed by atoms with Gasteiger partial charge >= 0.3 is 0 Å². The summed E-state index contributed by atoms with van der Waals surface area (Å²) >= 11 is 7.82. The largest absolute Gasteiger partial charge is 0.316 e. The lowest BCUT2D eigenvalue weighted by atomic mass is 10.4. The van der Waals surface area contributed by atoms with Crippen LogP contribution in [0.5, 0.6) is 0 Å². The van der Waals surface area contributed by atoms with E-state index in [2.05, 4.69) is 11.4 Å². The van der Waals surface area contributed by atoms with Crippen molar-refractivity contribution in [3.63, 3.8) is 0 Å². The first-order chi connectivity index (χ1) is 6.34. The van der Waals surface area contributed by atoms with Gasteiger partial charge in [-0.2, -0.15) is 0 Å². The highest BCUT2D eigenvalue weighted by atomic mass is 35.5. The van der Waals surface area contributed by atoms with Crippen LogP contribution in [0.1, 0.15) is 6.42 Å². The molecule has 3 heteroatoms. The fraction of sp³-hybridized carbons (Fsp3) is 0.400. The Hall–Kier alpha value is -0.180. The van der Waals surface area contributed by atoms with Crippen LogP contribution in [-0.2, 0) is 0 Å². The molecule has 2 rings (SSSR count). The summed E-state index contributed by atoms with van der Waals surface area (Å²) in [6, 6.07) is 8.07. The van der Waals surface area contributed by atoms with Gasteiger partial charge in [0.15, 0.2) is 0 Å². The van der Waals surface area contributed by atoms with Crippen LogP contribution in [0, 0.1) is 0 Å². The second-order valence-electron chi connectivity index (χ2n) is 3.19. The molecule has 1 aromatic rings. The van der Waals surface area contributed by atoms with E-state index in [1.165, 1.54) is 11.3 Å². The minimum absolute atomic E-state index is 0.721. The molecule has 1 N–H and O–H groups in total. The molecule has 0 aromatic heterocycles. The van der Waals surface area contributed by atoms with Crippen molar-refractivity contribution in [1.29, 1.82) is 0 Å². The van der Waals surface area contributed by atoms with Crippen molar-refractivity contribution in [2.75, 3.05) is 13.1 Å². The molecule has 70 valence electrons. The van der Waals surface area contributed by atoms with Gasteiger partial charge in [0.25, 0.3) is 0 Å². The Morgan fingerprint density at radius 2 is 2.38 bits per heavy atom. The maximum absolute atomic E-state index is 5.90. The van der Waals surface area contributed by atoms with E-state index >= 15 is 0 Å². The second-order valence-corrected chi connectivity index (χ2v) is 5.00. The third kappa shape index (κ3) is 2.63. The number of rotatable bonds is 2. The van der Waals surface area contributed by atoms with Crippen LogP contribution in [0.25, 0.3) is 0 Å². The van der Waals surface area contributed by atoms with E-state index in [0.717, 1.165) is 23.4 Å². The minimum Gasteiger partial charge on any atom is -0.316 e. The molecule has 13 heavy (non-hydrogen) atoms. The van der Waals surface area contributed by atoms with Gasteiger partial charge < -0.3 is 5.32 Å². The van der Waals surface area contributed by atoms with E-state index in [9.17, 15) is 0 Å². The summed E-state index contributed by atoms with van der Waals surface area (Å²) < 4.78 is 0. The fourth-order valence-corrected chi connectivity index (χ4v) is 2.89. The first-order valence-electron chi connectivity index (χ1n) is 4.47.